The first kappa shape index (κ1) is 16.9. The van der Waals surface area contributed by atoms with Gasteiger partial charge < -0.3 is 10.6 Å². The lowest BCUT2D eigenvalue weighted by Crippen LogP contribution is -2.10. The van der Waals surface area contributed by atoms with E-state index in [1.165, 1.54) is 12.0 Å². The number of aryl methyl sites for hydroxylation is 1. The van der Waals surface area contributed by atoms with E-state index in [0.717, 1.165) is 53.8 Å². The van der Waals surface area contributed by atoms with Gasteiger partial charge in [-0.05, 0) is 49.5 Å². The van der Waals surface area contributed by atoms with Gasteiger partial charge in [-0.25, -0.2) is 9.97 Å². The van der Waals surface area contributed by atoms with Crippen molar-refractivity contribution < 1.29 is 0 Å². The minimum absolute atomic E-state index is 0.728. The van der Waals surface area contributed by atoms with E-state index in [-0.39, 0.29) is 0 Å². The van der Waals surface area contributed by atoms with Crippen molar-refractivity contribution in [1.82, 2.24) is 29.5 Å². The summed E-state index contributed by atoms with van der Waals surface area (Å²) in [6.45, 7) is 2.25. The largest absolute Gasteiger partial charge is 0.337 e. The third-order valence-corrected chi connectivity index (χ3v) is 5.31. The number of hydrogen-bond donors (Lipinski definition) is 2. The van der Waals surface area contributed by atoms with Crippen LogP contribution in [-0.2, 0) is 13.5 Å². The van der Waals surface area contributed by atoms with Gasteiger partial charge in [-0.15, -0.1) is 0 Å². The molecule has 4 aromatic rings. The Balaban J connectivity index is 1.43. The zero-order chi connectivity index (χ0) is 18.9. The molecule has 1 saturated heterocycles. The highest BCUT2D eigenvalue weighted by Crippen LogP contribution is 2.25. The van der Waals surface area contributed by atoms with E-state index in [1.807, 2.05) is 36.2 Å². The van der Waals surface area contributed by atoms with Crippen molar-refractivity contribution in [2.24, 2.45) is 13.0 Å². The Labute approximate surface area is 163 Å². The molecule has 142 valence electrons. The van der Waals surface area contributed by atoms with Crippen LogP contribution < -0.4 is 10.6 Å². The van der Waals surface area contributed by atoms with Gasteiger partial charge in [-0.1, -0.05) is 12.1 Å². The monoisotopic (exact) mass is 373 g/mol. The van der Waals surface area contributed by atoms with Gasteiger partial charge in [-0.3, -0.25) is 9.08 Å². The average molecular weight is 373 g/mol. The lowest BCUT2D eigenvalue weighted by atomic mass is 9.98. The first-order chi connectivity index (χ1) is 13.8. The quantitative estimate of drug-likeness (QED) is 0.563. The second-order valence-electron chi connectivity index (χ2n) is 7.40. The molecular weight excluding hydrogens is 350 g/mol. The normalized spacial score (nSPS) is 16.7. The van der Waals surface area contributed by atoms with Crippen molar-refractivity contribution in [3.05, 3.63) is 60.8 Å². The van der Waals surface area contributed by atoms with E-state index < -0.39 is 0 Å². The van der Waals surface area contributed by atoms with Crippen LogP contribution in [0.4, 0.5) is 11.5 Å². The summed E-state index contributed by atoms with van der Waals surface area (Å²) in [6, 6.07) is 8.60. The van der Waals surface area contributed by atoms with Crippen LogP contribution in [0.25, 0.3) is 16.9 Å². The summed E-state index contributed by atoms with van der Waals surface area (Å²) in [7, 11) is 1.91. The molecule has 0 spiro atoms. The van der Waals surface area contributed by atoms with E-state index >= 15 is 0 Å². The van der Waals surface area contributed by atoms with Gasteiger partial charge >= 0.3 is 0 Å². The molecule has 1 fully saturated rings. The van der Waals surface area contributed by atoms with Gasteiger partial charge in [-0.2, -0.15) is 5.10 Å². The molecule has 4 heterocycles. The molecule has 1 aliphatic rings. The molecule has 28 heavy (non-hydrogen) atoms. The van der Waals surface area contributed by atoms with Crippen LogP contribution in [-0.4, -0.2) is 37.2 Å². The maximum Gasteiger partial charge on any atom is 0.180 e. The summed E-state index contributed by atoms with van der Waals surface area (Å²) < 4.78 is 3.83. The molecule has 0 amide bonds. The van der Waals surface area contributed by atoms with Gasteiger partial charge in [0.1, 0.15) is 0 Å². The van der Waals surface area contributed by atoms with E-state index in [0.29, 0.717) is 0 Å². The minimum atomic E-state index is 0.728. The van der Waals surface area contributed by atoms with Gasteiger partial charge in [0.05, 0.1) is 18.1 Å². The summed E-state index contributed by atoms with van der Waals surface area (Å²) in [5, 5.41) is 11.2. The van der Waals surface area contributed by atoms with Gasteiger partial charge in [0, 0.05) is 36.9 Å². The summed E-state index contributed by atoms with van der Waals surface area (Å²) >= 11 is 0. The van der Waals surface area contributed by atoms with E-state index in [1.54, 1.807) is 10.9 Å². The Kier molecular flexibility index (Phi) is 4.29. The molecule has 0 radical (unpaired) electrons. The van der Waals surface area contributed by atoms with Crippen molar-refractivity contribution in [1.29, 1.82) is 0 Å². The third kappa shape index (κ3) is 3.25. The van der Waals surface area contributed by atoms with Crippen LogP contribution in [0, 0.1) is 5.92 Å². The van der Waals surface area contributed by atoms with Crippen LogP contribution in [0.15, 0.2) is 55.2 Å². The Morgan fingerprint density at radius 3 is 3.04 bits per heavy atom. The SMILES string of the molecule is Cn1cc(-c2cnc3c(Nc4cccc(CC5CCNC5)c4)nccn23)cn1. The van der Waals surface area contributed by atoms with E-state index in [2.05, 4.69) is 50.0 Å². The number of rotatable bonds is 5. The molecule has 7 nitrogen and oxygen atoms in total. The molecule has 1 unspecified atom stereocenters. The number of imidazole rings is 1. The van der Waals surface area contributed by atoms with Crippen LogP contribution in [0.2, 0.25) is 0 Å². The van der Waals surface area contributed by atoms with Crippen molar-refractivity contribution in [3.8, 4) is 11.3 Å². The highest BCUT2D eigenvalue weighted by molar-refractivity contribution is 5.74. The fraction of sp³-hybridized carbons (Fsp3) is 0.286. The summed E-state index contributed by atoms with van der Waals surface area (Å²) in [5.74, 6) is 1.48. The zero-order valence-corrected chi connectivity index (χ0v) is 15.8. The Bertz CT molecular complexity index is 1100. The van der Waals surface area contributed by atoms with E-state index in [9.17, 15) is 0 Å². The van der Waals surface area contributed by atoms with Crippen molar-refractivity contribution in [2.75, 3.05) is 18.4 Å². The van der Waals surface area contributed by atoms with Gasteiger partial charge in [0.15, 0.2) is 11.5 Å². The number of fused-ring (bicyclic) bond motifs is 1. The highest BCUT2D eigenvalue weighted by atomic mass is 15.2. The average Bonchev–Trinajstić information content (AvgIpc) is 3.43. The first-order valence-corrected chi connectivity index (χ1v) is 9.64. The van der Waals surface area contributed by atoms with Crippen LogP contribution in [0.1, 0.15) is 12.0 Å². The lowest BCUT2D eigenvalue weighted by Gasteiger charge is -2.11. The smallest absolute Gasteiger partial charge is 0.180 e. The molecule has 1 aromatic carbocycles. The topological polar surface area (TPSA) is 72.1 Å². The summed E-state index contributed by atoms with van der Waals surface area (Å²) in [4.78, 5) is 9.12. The van der Waals surface area contributed by atoms with Crippen LogP contribution in [0.3, 0.4) is 0 Å². The maximum atomic E-state index is 4.60. The summed E-state index contributed by atoms with van der Waals surface area (Å²) in [6.07, 6.45) is 11.8. The Hall–Kier alpha value is -3.19. The second-order valence-corrected chi connectivity index (χ2v) is 7.40. The van der Waals surface area contributed by atoms with Crippen molar-refractivity contribution in [3.63, 3.8) is 0 Å². The molecule has 2 N–H and O–H groups in total. The van der Waals surface area contributed by atoms with Crippen LogP contribution in [0.5, 0.6) is 0 Å². The number of anilines is 2. The minimum Gasteiger partial charge on any atom is -0.337 e. The molecule has 5 rings (SSSR count). The zero-order valence-electron chi connectivity index (χ0n) is 15.8. The third-order valence-electron chi connectivity index (χ3n) is 5.31. The molecule has 3 aromatic heterocycles. The van der Waals surface area contributed by atoms with Gasteiger partial charge in [0.25, 0.3) is 0 Å². The highest BCUT2D eigenvalue weighted by Gasteiger charge is 2.15. The number of nitrogens with one attached hydrogen (secondary N) is 2. The summed E-state index contributed by atoms with van der Waals surface area (Å²) in [5.41, 5.74) is 5.21. The predicted octanol–water partition coefficient (Wildman–Crippen LogP) is 3.03. The number of benzene rings is 1. The van der Waals surface area contributed by atoms with Crippen molar-refractivity contribution >= 4 is 17.2 Å². The number of hydrogen-bond acceptors (Lipinski definition) is 5. The Morgan fingerprint density at radius 2 is 2.21 bits per heavy atom. The molecule has 1 aliphatic heterocycles. The molecule has 0 saturated carbocycles. The lowest BCUT2D eigenvalue weighted by molar-refractivity contribution is 0.580. The van der Waals surface area contributed by atoms with E-state index in [4.69, 9.17) is 0 Å². The molecule has 0 bridgehead atoms. The number of aromatic nitrogens is 5. The first-order valence-electron chi connectivity index (χ1n) is 9.64. The molecule has 1 atom stereocenters. The van der Waals surface area contributed by atoms with Crippen LogP contribution >= 0.6 is 0 Å². The molecular formula is C21H23N7. The van der Waals surface area contributed by atoms with Crippen molar-refractivity contribution in [2.45, 2.75) is 12.8 Å². The Morgan fingerprint density at radius 1 is 1.25 bits per heavy atom. The molecule has 7 heteroatoms. The standard InChI is InChI=1S/C21H23N7/c1-27-14-17(12-25-27)19-13-24-21-20(23-7-8-28(19)21)26-18-4-2-3-15(10-18)9-16-5-6-22-11-16/h2-4,7-8,10,12-14,16,22H,5-6,9,11H2,1H3,(H,23,26). The second kappa shape index (κ2) is 7.09. The maximum absolute atomic E-state index is 4.60. The fourth-order valence-electron chi connectivity index (χ4n) is 3.91. The molecule has 0 aliphatic carbocycles. The predicted molar refractivity (Wildman–Crippen MR) is 110 cm³/mol. The number of nitrogens with zero attached hydrogens (tertiary/aromatic N) is 5. The fourth-order valence-corrected chi connectivity index (χ4v) is 3.91. The van der Waals surface area contributed by atoms with Gasteiger partial charge in [0.2, 0.25) is 0 Å².